The van der Waals surface area contributed by atoms with E-state index in [9.17, 15) is 19.8 Å². The number of aromatic hydroxyl groups is 2. The van der Waals surface area contributed by atoms with E-state index in [0.717, 1.165) is 5.71 Å². The van der Waals surface area contributed by atoms with Gasteiger partial charge in [0.1, 0.15) is 24.4 Å². The van der Waals surface area contributed by atoms with Gasteiger partial charge in [-0.15, -0.1) is 6.58 Å². The maximum Gasteiger partial charge on any atom is 0.202 e. The van der Waals surface area contributed by atoms with E-state index in [1.54, 1.807) is 18.2 Å². The number of carbonyl (C=O) groups is 2. The summed E-state index contributed by atoms with van der Waals surface area (Å²) in [5, 5.41) is 27.0. The number of carbonyl (C=O) groups excluding carboxylic acids is 2. The van der Waals surface area contributed by atoms with Gasteiger partial charge in [-0.25, -0.2) is 0 Å². The third kappa shape index (κ3) is 2.58. The van der Waals surface area contributed by atoms with Crippen molar-refractivity contribution in [2.24, 2.45) is 5.16 Å². The van der Waals surface area contributed by atoms with Crippen LogP contribution in [-0.4, -0.2) is 58.7 Å². The number of ketones is 2. The van der Waals surface area contributed by atoms with E-state index in [1.807, 2.05) is 6.92 Å². The lowest BCUT2D eigenvalue weighted by Gasteiger charge is -2.43. The van der Waals surface area contributed by atoms with Crippen LogP contribution in [0.15, 0.2) is 36.0 Å². The number of fused-ring (bicyclic) bond motifs is 6. The highest BCUT2D eigenvalue weighted by Crippen LogP contribution is 2.56. The number of hydrogen-bond donors (Lipinski definition) is 2. The normalized spacial score (nSPS) is 24.3. The Balaban J connectivity index is 1.80. The molecule has 1 aliphatic carbocycles. The summed E-state index contributed by atoms with van der Waals surface area (Å²) < 4.78 is 5.32. The van der Waals surface area contributed by atoms with Crippen LogP contribution in [0.1, 0.15) is 62.4 Å². The Labute approximate surface area is 190 Å². The van der Waals surface area contributed by atoms with Crippen LogP contribution in [0, 0.1) is 0 Å². The van der Waals surface area contributed by atoms with E-state index in [1.165, 1.54) is 20.3 Å². The SMILES string of the molecule is C=CCN1C2CC(=NOC)C1(C)Cc1c(O)c3c(c(O)c12)C(=O)c1c(OC)cccc1C3=O. The fraction of sp³-hybridized carbons (Fsp3) is 0.320. The van der Waals surface area contributed by atoms with Gasteiger partial charge in [0.05, 0.1) is 35.1 Å². The Hall–Kier alpha value is -3.65. The lowest BCUT2D eigenvalue weighted by atomic mass is 9.76. The second-order valence-corrected chi connectivity index (χ2v) is 8.71. The number of phenols is 2. The third-order valence-electron chi connectivity index (χ3n) is 7.16. The van der Waals surface area contributed by atoms with Gasteiger partial charge in [-0.3, -0.25) is 14.5 Å². The lowest BCUT2D eigenvalue weighted by molar-refractivity contribution is 0.0967. The number of ether oxygens (including phenoxy) is 1. The van der Waals surface area contributed by atoms with Crippen molar-refractivity contribution in [2.75, 3.05) is 20.8 Å². The molecule has 0 spiro atoms. The van der Waals surface area contributed by atoms with Gasteiger partial charge < -0.3 is 19.8 Å². The molecular weight excluding hydrogens is 424 g/mol. The Morgan fingerprint density at radius 1 is 1.18 bits per heavy atom. The summed E-state index contributed by atoms with van der Waals surface area (Å²) in [6.07, 6.45) is 2.49. The van der Waals surface area contributed by atoms with Crippen LogP contribution in [0.4, 0.5) is 0 Å². The van der Waals surface area contributed by atoms with Crippen LogP contribution in [0.5, 0.6) is 17.2 Å². The van der Waals surface area contributed by atoms with Gasteiger partial charge in [0, 0.05) is 42.1 Å². The van der Waals surface area contributed by atoms with Crippen LogP contribution in [-0.2, 0) is 11.3 Å². The molecule has 2 heterocycles. The zero-order valence-electron chi connectivity index (χ0n) is 18.6. The van der Waals surface area contributed by atoms with E-state index in [4.69, 9.17) is 9.57 Å². The minimum Gasteiger partial charge on any atom is -0.507 e. The molecule has 8 heteroatoms. The number of hydrogen-bond acceptors (Lipinski definition) is 8. The zero-order valence-corrected chi connectivity index (χ0v) is 18.6. The largest absolute Gasteiger partial charge is 0.507 e. The minimum atomic E-state index is -0.608. The lowest BCUT2D eigenvalue weighted by Crippen LogP contribution is -2.51. The van der Waals surface area contributed by atoms with Crippen LogP contribution in [0.25, 0.3) is 0 Å². The quantitative estimate of drug-likeness (QED) is 0.359. The first-order valence-electron chi connectivity index (χ1n) is 10.6. The molecule has 8 nitrogen and oxygen atoms in total. The second kappa shape index (κ2) is 7.18. The molecule has 1 fully saturated rings. The first-order valence-corrected chi connectivity index (χ1v) is 10.6. The molecule has 2 atom stereocenters. The average molecular weight is 448 g/mol. The predicted molar refractivity (Wildman–Crippen MR) is 120 cm³/mol. The molecule has 0 aromatic heterocycles. The molecule has 2 bridgehead atoms. The van der Waals surface area contributed by atoms with Gasteiger partial charge in [0.2, 0.25) is 5.78 Å². The van der Waals surface area contributed by atoms with Crippen LogP contribution in [0.2, 0.25) is 0 Å². The first kappa shape index (κ1) is 21.2. The van der Waals surface area contributed by atoms with Crippen molar-refractivity contribution in [3.05, 3.63) is 64.2 Å². The molecule has 3 aliphatic rings. The number of methoxy groups -OCH3 is 1. The number of nitrogens with zero attached hydrogens (tertiary/aromatic N) is 2. The fourth-order valence-electron chi connectivity index (χ4n) is 5.70. The van der Waals surface area contributed by atoms with Gasteiger partial charge in [0.25, 0.3) is 0 Å². The highest BCUT2D eigenvalue weighted by atomic mass is 16.6. The van der Waals surface area contributed by atoms with Crippen molar-refractivity contribution in [2.45, 2.75) is 31.3 Å². The summed E-state index contributed by atoms with van der Waals surface area (Å²) in [6, 6.07) is 4.36. The molecule has 33 heavy (non-hydrogen) atoms. The second-order valence-electron chi connectivity index (χ2n) is 8.71. The van der Waals surface area contributed by atoms with Crippen molar-refractivity contribution in [1.82, 2.24) is 4.90 Å². The average Bonchev–Trinajstić information content (AvgIpc) is 2.97. The van der Waals surface area contributed by atoms with Gasteiger partial charge in [-0.1, -0.05) is 23.4 Å². The Bertz CT molecular complexity index is 1280. The van der Waals surface area contributed by atoms with Crippen molar-refractivity contribution in [1.29, 1.82) is 0 Å². The maximum absolute atomic E-state index is 13.6. The molecule has 0 amide bonds. The number of oxime groups is 1. The highest BCUT2D eigenvalue weighted by molar-refractivity contribution is 6.31. The summed E-state index contributed by atoms with van der Waals surface area (Å²) in [5.41, 5.74) is 0.912. The molecule has 2 aromatic carbocycles. The third-order valence-corrected chi connectivity index (χ3v) is 7.16. The number of phenolic OH excluding ortho intramolecular Hbond substituents is 2. The standard InChI is InChI=1S/C25H24N2O6/c1-5-9-27-14-10-16(26-33-4)25(27,2)11-13-17(14)23(30)20-19(22(13)29)21(28)12-7-6-8-15(32-3)18(12)24(20)31/h5-8,14,29-30H,1,9-11H2,2-4H3. The van der Waals surface area contributed by atoms with Crippen molar-refractivity contribution in [3.63, 3.8) is 0 Å². The van der Waals surface area contributed by atoms with E-state index >= 15 is 0 Å². The summed E-state index contributed by atoms with van der Waals surface area (Å²) in [6.45, 7) is 6.34. The predicted octanol–water partition coefficient (Wildman–Crippen LogP) is 3.13. The molecule has 5 rings (SSSR count). The summed E-state index contributed by atoms with van der Waals surface area (Å²) in [7, 11) is 2.88. The first-order chi connectivity index (χ1) is 15.8. The number of benzene rings is 2. The molecule has 2 aliphatic heterocycles. The molecule has 170 valence electrons. The number of rotatable bonds is 4. The van der Waals surface area contributed by atoms with E-state index in [0.29, 0.717) is 24.1 Å². The topological polar surface area (TPSA) is 109 Å². The fourth-order valence-corrected chi connectivity index (χ4v) is 5.70. The zero-order chi connectivity index (χ0) is 23.7. The molecule has 2 N–H and O–H groups in total. The van der Waals surface area contributed by atoms with Gasteiger partial charge in [0.15, 0.2) is 5.78 Å². The molecule has 2 unspecified atom stereocenters. The summed E-state index contributed by atoms with van der Waals surface area (Å²) >= 11 is 0. The summed E-state index contributed by atoms with van der Waals surface area (Å²) in [5.74, 6) is -1.39. The van der Waals surface area contributed by atoms with Crippen LogP contribution < -0.4 is 4.74 Å². The smallest absolute Gasteiger partial charge is 0.202 e. The Morgan fingerprint density at radius 3 is 2.58 bits per heavy atom. The molecule has 1 saturated heterocycles. The van der Waals surface area contributed by atoms with Gasteiger partial charge >= 0.3 is 0 Å². The highest BCUT2D eigenvalue weighted by Gasteiger charge is 2.55. The van der Waals surface area contributed by atoms with Crippen molar-refractivity contribution < 1.29 is 29.4 Å². The van der Waals surface area contributed by atoms with E-state index in [2.05, 4.69) is 16.6 Å². The maximum atomic E-state index is 13.6. The van der Waals surface area contributed by atoms with Crippen LogP contribution in [0.3, 0.4) is 0 Å². The Kier molecular flexibility index (Phi) is 4.61. The van der Waals surface area contributed by atoms with Crippen LogP contribution >= 0.6 is 0 Å². The molecular formula is C25H24N2O6. The van der Waals surface area contributed by atoms with E-state index < -0.39 is 17.1 Å². The van der Waals surface area contributed by atoms with Gasteiger partial charge in [-0.2, -0.15) is 0 Å². The van der Waals surface area contributed by atoms with E-state index in [-0.39, 0.29) is 52.0 Å². The minimum absolute atomic E-state index is 0.0869. The molecule has 0 saturated carbocycles. The Morgan fingerprint density at radius 2 is 1.91 bits per heavy atom. The molecule has 2 aromatic rings. The van der Waals surface area contributed by atoms with Gasteiger partial charge in [-0.05, 0) is 13.0 Å². The monoisotopic (exact) mass is 448 g/mol. The van der Waals surface area contributed by atoms with Crippen molar-refractivity contribution >= 4 is 17.3 Å². The van der Waals surface area contributed by atoms with Crippen molar-refractivity contribution in [3.8, 4) is 17.2 Å². The summed E-state index contributed by atoms with van der Waals surface area (Å²) in [4.78, 5) is 34.2. The molecule has 0 radical (unpaired) electrons.